The van der Waals surface area contributed by atoms with Gasteiger partial charge in [-0.3, -0.25) is 9.59 Å². The number of carbonyl (C=O) groups excluding carboxylic acids is 2. The van der Waals surface area contributed by atoms with E-state index in [4.69, 9.17) is 0 Å². The number of allylic oxidation sites excluding steroid dienone is 2. The number of carbonyl (C=O) groups is 2. The lowest BCUT2D eigenvalue weighted by atomic mass is 9.81. The molecule has 1 aromatic heterocycles. The molecule has 2 bridgehead atoms. The minimum Gasteiger partial charge on any atom is -0.274 e. The normalized spacial score (nSPS) is 28.0. The molecular weight excluding hydrogens is 380 g/mol. The van der Waals surface area contributed by atoms with Crippen molar-refractivity contribution in [3.8, 4) is 11.3 Å². The third-order valence-corrected chi connectivity index (χ3v) is 7.81. The zero-order chi connectivity index (χ0) is 20.4. The van der Waals surface area contributed by atoms with Gasteiger partial charge in [-0.05, 0) is 50.0 Å². The van der Waals surface area contributed by atoms with Crippen molar-refractivity contribution in [2.24, 2.45) is 23.7 Å². The second kappa shape index (κ2) is 6.63. The van der Waals surface area contributed by atoms with Gasteiger partial charge in [0.25, 0.3) is 0 Å². The van der Waals surface area contributed by atoms with Crippen molar-refractivity contribution in [2.45, 2.75) is 46.5 Å². The molecule has 2 saturated carbocycles. The van der Waals surface area contributed by atoms with Crippen LogP contribution in [0.5, 0.6) is 0 Å². The van der Waals surface area contributed by atoms with Gasteiger partial charge in [-0.15, -0.1) is 11.3 Å². The van der Waals surface area contributed by atoms with Crippen molar-refractivity contribution >= 4 is 28.3 Å². The van der Waals surface area contributed by atoms with Crippen LogP contribution in [0.3, 0.4) is 0 Å². The Hall–Kier alpha value is -2.27. The maximum atomic E-state index is 13.3. The Balaban J connectivity index is 1.44. The predicted molar refractivity (Wildman–Crippen MR) is 116 cm³/mol. The average Bonchev–Trinajstić information content (AvgIpc) is 3.44. The van der Waals surface area contributed by atoms with E-state index in [1.165, 1.54) is 32.9 Å². The van der Waals surface area contributed by atoms with Gasteiger partial charge in [-0.2, -0.15) is 0 Å². The molecule has 5 rings (SSSR count). The number of nitrogens with zero attached hydrogens (tertiary/aromatic N) is 2. The zero-order valence-electron chi connectivity index (χ0n) is 17.3. The van der Waals surface area contributed by atoms with Crippen molar-refractivity contribution in [1.29, 1.82) is 0 Å². The first-order valence-corrected chi connectivity index (χ1v) is 11.4. The molecule has 0 N–H and O–H groups in total. The Morgan fingerprint density at radius 2 is 1.62 bits per heavy atom. The number of anilines is 1. The summed E-state index contributed by atoms with van der Waals surface area (Å²) < 4.78 is 0. The molecule has 4 nitrogen and oxygen atoms in total. The number of amides is 2. The fraction of sp³-hybridized carbons (Fsp3) is 0.458. The summed E-state index contributed by atoms with van der Waals surface area (Å²) in [6.45, 7) is 8.58. The van der Waals surface area contributed by atoms with E-state index < -0.39 is 0 Å². The van der Waals surface area contributed by atoms with Crippen LogP contribution in [0.15, 0.2) is 40.8 Å². The highest BCUT2D eigenvalue weighted by atomic mass is 32.1. The molecule has 5 heteroatoms. The summed E-state index contributed by atoms with van der Waals surface area (Å²) in [6.07, 6.45) is 2.06. The maximum absolute atomic E-state index is 13.3. The van der Waals surface area contributed by atoms with Crippen LogP contribution < -0.4 is 4.90 Å². The lowest BCUT2D eigenvalue weighted by molar-refractivity contribution is -0.123. The lowest BCUT2D eigenvalue weighted by Crippen LogP contribution is -2.33. The molecule has 4 atom stereocenters. The highest BCUT2D eigenvalue weighted by Gasteiger charge is 2.64. The minimum absolute atomic E-state index is 0.0398. The molecule has 0 radical (unpaired) electrons. The predicted octanol–water partition coefficient (Wildman–Crippen LogP) is 5.42. The molecule has 29 heavy (non-hydrogen) atoms. The Bertz CT molecular complexity index is 997. The van der Waals surface area contributed by atoms with Crippen LogP contribution in [-0.2, 0) is 9.59 Å². The number of fused-ring (bicyclic) bond motifs is 5. The number of thiazole rings is 1. The topological polar surface area (TPSA) is 50.3 Å². The highest BCUT2D eigenvalue weighted by Crippen LogP contribution is 2.60. The molecule has 1 saturated heterocycles. The van der Waals surface area contributed by atoms with Gasteiger partial charge >= 0.3 is 0 Å². The van der Waals surface area contributed by atoms with Gasteiger partial charge in [0.05, 0.1) is 17.5 Å². The van der Waals surface area contributed by atoms with Crippen LogP contribution in [0.2, 0.25) is 0 Å². The van der Waals surface area contributed by atoms with E-state index in [0.29, 0.717) is 11.0 Å². The van der Waals surface area contributed by atoms with E-state index in [0.717, 1.165) is 24.1 Å². The molecule has 0 unspecified atom stereocenters. The quantitative estimate of drug-likeness (QED) is 0.505. The monoisotopic (exact) mass is 406 g/mol. The number of hydrogen-bond acceptors (Lipinski definition) is 4. The molecular formula is C24H26N2O2S. The minimum atomic E-state index is -0.177. The molecule has 2 aromatic rings. The summed E-state index contributed by atoms with van der Waals surface area (Å²) in [5, 5.41) is 2.47. The maximum Gasteiger partial charge on any atom is 0.240 e. The van der Waals surface area contributed by atoms with E-state index in [1.54, 1.807) is 0 Å². The van der Waals surface area contributed by atoms with Gasteiger partial charge in [0.1, 0.15) is 0 Å². The third kappa shape index (κ3) is 2.67. The van der Waals surface area contributed by atoms with Crippen molar-refractivity contribution in [3.63, 3.8) is 0 Å². The molecule has 0 spiro atoms. The zero-order valence-corrected chi connectivity index (χ0v) is 18.1. The molecule has 2 amide bonds. The van der Waals surface area contributed by atoms with Gasteiger partial charge in [0, 0.05) is 10.9 Å². The van der Waals surface area contributed by atoms with Crippen LogP contribution in [0.1, 0.15) is 52.0 Å². The largest absolute Gasteiger partial charge is 0.274 e. The first kappa shape index (κ1) is 18.7. The second-order valence-corrected chi connectivity index (χ2v) is 9.94. The molecule has 150 valence electrons. The number of aromatic nitrogens is 1. The van der Waals surface area contributed by atoms with Gasteiger partial charge in [-0.1, -0.05) is 49.3 Å². The standard InChI is InChI=1S/C24H26N2O2S/c1-12(2)14-5-7-15(8-6-14)18-11-29-24(25-18)26-22(27)20-16-9-10-17(19(16)13(3)4)21(20)23(26)28/h5-8,11-12,16-17,20-21H,9-10H2,1-4H3/t16-,17-,20-,21-/m0/s1. The van der Waals surface area contributed by atoms with E-state index in [-0.39, 0.29) is 35.5 Å². The molecule has 1 aromatic carbocycles. The SMILES string of the molecule is CC(C)=C1[C@@H]2CC[C@@H]1[C@@H]1C(=O)N(c3nc(-c4ccc(C(C)C)cc4)cs3)C(=O)[C@H]12. The first-order chi connectivity index (χ1) is 13.9. The van der Waals surface area contributed by atoms with Crippen molar-refractivity contribution in [3.05, 3.63) is 46.4 Å². The van der Waals surface area contributed by atoms with Crippen molar-refractivity contribution in [2.75, 3.05) is 4.90 Å². The summed E-state index contributed by atoms with van der Waals surface area (Å²) in [6, 6.07) is 8.37. The van der Waals surface area contributed by atoms with Crippen LogP contribution >= 0.6 is 11.3 Å². The fourth-order valence-electron chi connectivity index (χ4n) is 5.72. The molecule has 2 aliphatic carbocycles. The summed E-state index contributed by atoms with van der Waals surface area (Å²) in [5.74, 6) is 0.547. The number of imide groups is 1. The van der Waals surface area contributed by atoms with Gasteiger partial charge in [0.15, 0.2) is 5.13 Å². The van der Waals surface area contributed by atoms with Gasteiger partial charge < -0.3 is 0 Å². The Morgan fingerprint density at radius 3 is 2.14 bits per heavy atom. The molecule has 2 heterocycles. The molecule has 3 aliphatic rings. The fourth-order valence-corrected chi connectivity index (χ4v) is 6.56. The third-order valence-electron chi connectivity index (χ3n) is 6.99. The second-order valence-electron chi connectivity index (χ2n) is 9.10. The molecule has 1 aliphatic heterocycles. The number of rotatable bonds is 3. The Labute approximate surface area is 175 Å². The van der Waals surface area contributed by atoms with E-state index >= 15 is 0 Å². The summed E-state index contributed by atoms with van der Waals surface area (Å²) in [4.78, 5) is 32.6. The lowest BCUT2D eigenvalue weighted by Gasteiger charge is -2.18. The summed E-state index contributed by atoms with van der Waals surface area (Å²) in [7, 11) is 0. The number of benzene rings is 1. The average molecular weight is 407 g/mol. The summed E-state index contributed by atoms with van der Waals surface area (Å²) >= 11 is 1.39. The van der Waals surface area contributed by atoms with Crippen LogP contribution in [0.4, 0.5) is 5.13 Å². The van der Waals surface area contributed by atoms with E-state index in [9.17, 15) is 9.59 Å². The van der Waals surface area contributed by atoms with Crippen LogP contribution in [0, 0.1) is 23.7 Å². The van der Waals surface area contributed by atoms with Crippen molar-refractivity contribution in [1.82, 2.24) is 4.98 Å². The van der Waals surface area contributed by atoms with Crippen LogP contribution in [0.25, 0.3) is 11.3 Å². The smallest absolute Gasteiger partial charge is 0.240 e. The molecule has 3 fully saturated rings. The Morgan fingerprint density at radius 1 is 1.03 bits per heavy atom. The Kier molecular flexibility index (Phi) is 4.28. The first-order valence-electron chi connectivity index (χ1n) is 10.5. The van der Waals surface area contributed by atoms with Gasteiger partial charge in [0.2, 0.25) is 11.8 Å². The highest BCUT2D eigenvalue weighted by molar-refractivity contribution is 7.14. The van der Waals surface area contributed by atoms with Crippen molar-refractivity contribution < 1.29 is 9.59 Å². The van der Waals surface area contributed by atoms with Gasteiger partial charge in [-0.25, -0.2) is 9.88 Å². The van der Waals surface area contributed by atoms with E-state index in [2.05, 4.69) is 56.9 Å². The van der Waals surface area contributed by atoms with E-state index in [1.807, 2.05) is 5.38 Å². The van der Waals surface area contributed by atoms with Crippen LogP contribution in [-0.4, -0.2) is 16.8 Å². The summed E-state index contributed by atoms with van der Waals surface area (Å²) in [5.41, 5.74) is 5.80. The number of hydrogen-bond donors (Lipinski definition) is 0.